The molecule has 1 saturated heterocycles. The van der Waals surface area contributed by atoms with Gasteiger partial charge in [-0.3, -0.25) is 0 Å². The van der Waals surface area contributed by atoms with Gasteiger partial charge in [0, 0.05) is 24.2 Å². The van der Waals surface area contributed by atoms with E-state index in [9.17, 15) is 0 Å². The Balaban J connectivity index is 2.03. The van der Waals surface area contributed by atoms with Crippen molar-refractivity contribution in [3.8, 4) is 5.75 Å². The van der Waals surface area contributed by atoms with Crippen LogP contribution in [0, 0.1) is 0 Å². The summed E-state index contributed by atoms with van der Waals surface area (Å²) in [6.45, 7) is 6.32. The van der Waals surface area contributed by atoms with Gasteiger partial charge in [0.25, 0.3) is 0 Å². The Morgan fingerprint density at radius 1 is 1.33 bits per heavy atom. The quantitative estimate of drug-likeness (QED) is 0.898. The molecule has 2 aromatic rings. The maximum atomic E-state index is 5.87. The Labute approximate surface area is 108 Å². The lowest BCUT2D eigenvalue weighted by Crippen LogP contribution is -2.12. The number of benzene rings is 1. The molecular weight excluding hydrogens is 224 g/mol. The van der Waals surface area contributed by atoms with Crippen molar-refractivity contribution in [3.05, 3.63) is 30.5 Å². The van der Waals surface area contributed by atoms with Gasteiger partial charge in [-0.25, -0.2) is 0 Å². The fraction of sp³-hybridized carbons (Fsp3) is 0.467. The summed E-state index contributed by atoms with van der Waals surface area (Å²) in [6.07, 6.45) is 3.61. The van der Waals surface area contributed by atoms with Crippen molar-refractivity contribution >= 4 is 10.9 Å². The van der Waals surface area contributed by atoms with Crippen LogP contribution in [-0.2, 0) is 0 Å². The second-order valence-corrected chi connectivity index (χ2v) is 5.23. The van der Waals surface area contributed by atoms with Gasteiger partial charge >= 0.3 is 0 Å². The van der Waals surface area contributed by atoms with E-state index < -0.39 is 0 Å². The van der Waals surface area contributed by atoms with E-state index in [0.717, 1.165) is 18.8 Å². The molecule has 0 bridgehead atoms. The molecule has 1 atom stereocenters. The van der Waals surface area contributed by atoms with Gasteiger partial charge < -0.3 is 14.6 Å². The normalized spacial score (nSPS) is 19.8. The molecule has 1 aliphatic heterocycles. The maximum Gasteiger partial charge on any atom is 0.129 e. The smallest absolute Gasteiger partial charge is 0.129 e. The molecule has 2 heterocycles. The van der Waals surface area contributed by atoms with Crippen molar-refractivity contribution in [2.24, 2.45) is 0 Å². The second kappa shape index (κ2) is 4.65. The van der Waals surface area contributed by atoms with E-state index in [1.54, 1.807) is 0 Å². The highest BCUT2D eigenvalue weighted by molar-refractivity contribution is 5.86. The average Bonchev–Trinajstić information content (AvgIpc) is 2.96. The SMILES string of the molecule is CC(C)Oc1cccc2c1ccn2C1CCNC1. The first kappa shape index (κ1) is 11.6. The third kappa shape index (κ3) is 1.99. The van der Waals surface area contributed by atoms with E-state index >= 15 is 0 Å². The molecule has 0 spiro atoms. The van der Waals surface area contributed by atoms with Crippen LogP contribution in [0.2, 0.25) is 0 Å². The first-order valence-corrected chi connectivity index (χ1v) is 6.72. The molecule has 0 aliphatic carbocycles. The van der Waals surface area contributed by atoms with Gasteiger partial charge in [-0.15, -0.1) is 0 Å². The Bertz CT molecular complexity index is 538. The second-order valence-electron chi connectivity index (χ2n) is 5.23. The molecule has 3 rings (SSSR count). The van der Waals surface area contributed by atoms with Crippen LogP contribution in [0.4, 0.5) is 0 Å². The number of fused-ring (bicyclic) bond motifs is 1. The van der Waals surface area contributed by atoms with Crippen molar-refractivity contribution in [2.45, 2.75) is 32.4 Å². The average molecular weight is 244 g/mol. The van der Waals surface area contributed by atoms with E-state index in [2.05, 4.69) is 54.2 Å². The van der Waals surface area contributed by atoms with E-state index in [4.69, 9.17) is 4.74 Å². The van der Waals surface area contributed by atoms with Crippen LogP contribution < -0.4 is 10.1 Å². The number of rotatable bonds is 3. The van der Waals surface area contributed by atoms with Crippen LogP contribution in [0.15, 0.2) is 30.5 Å². The van der Waals surface area contributed by atoms with E-state index in [1.807, 2.05) is 0 Å². The van der Waals surface area contributed by atoms with Crippen LogP contribution in [0.1, 0.15) is 26.3 Å². The summed E-state index contributed by atoms with van der Waals surface area (Å²) in [4.78, 5) is 0. The highest BCUT2D eigenvalue weighted by Gasteiger charge is 2.18. The fourth-order valence-electron chi connectivity index (χ4n) is 2.71. The van der Waals surface area contributed by atoms with Crippen molar-refractivity contribution in [1.29, 1.82) is 0 Å². The van der Waals surface area contributed by atoms with Crippen LogP contribution in [0.5, 0.6) is 5.75 Å². The van der Waals surface area contributed by atoms with Gasteiger partial charge in [-0.05, 0) is 45.0 Å². The van der Waals surface area contributed by atoms with E-state index in [-0.39, 0.29) is 6.10 Å². The van der Waals surface area contributed by atoms with Crippen molar-refractivity contribution in [2.75, 3.05) is 13.1 Å². The summed E-state index contributed by atoms with van der Waals surface area (Å²) in [5, 5.41) is 4.64. The van der Waals surface area contributed by atoms with Crippen molar-refractivity contribution in [1.82, 2.24) is 9.88 Å². The molecule has 1 N–H and O–H groups in total. The number of aromatic nitrogens is 1. The third-order valence-corrected chi connectivity index (χ3v) is 3.51. The first-order valence-electron chi connectivity index (χ1n) is 6.72. The Hall–Kier alpha value is -1.48. The summed E-state index contributed by atoms with van der Waals surface area (Å²) in [5.41, 5.74) is 1.28. The lowest BCUT2D eigenvalue weighted by Gasteiger charge is -2.14. The minimum Gasteiger partial charge on any atom is -0.490 e. The van der Waals surface area contributed by atoms with Gasteiger partial charge in [0.05, 0.1) is 11.6 Å². The van der Waals surface area contributed by atoms with Gasteiger partial charge in [0.1, 0.15) is 5.75 Å². The van der Waals surface area contributed by atoms with Gasteiger partial charge in [-0.2, -0.15) is 0 Å². The molecule has 3 heteroatoms. The molecule has 3 nitrogen and oxygen atoms in total. The number of hydrogen-bond acceptors (Lipinski definition) is 2. The van der Waals surface area contributed by atoms with E-state index in [0.29, 0.717) is 6.04 Å². The summed E-state index contributed by atoms with van der Waals surface area (Å²) >= 11 is 0. The van der Waals surface area contributed by atoms with Crippen LogP contribution in [-0.4, -0.2) is 23.8 Å². The number of hydrogen-bond donors (Lipinski definition) is 1. The minimum absolute atomic E-state index is 0.215. The number of ether oxygens (including phenoxy) is 1. The number of nitrogens with one attached hydrogen (secondary N) is 1. The predicted molar refractivity (Wildman–Crippen MR) is 74.2 cm³/mol. The highest BCUT2D eigenvalue weighted by atomic mass is 16.5. The number of nitrogens with zero attached hydrogens (tertiary/aromatic N) is 1. The molecule has 18 heavy (non-hydrogen) atoms. The van der Waals surface area contributed by atoms with Crippen molar-refractivity contribution < 1.29 is 4.74 Å². The Morgan fingerprint density at radius 3 is 2.94 bits per heavy atom. The molecule has 1 aliphatic rings. The third-order valence-electron chi connectivity index (χ3n) is 3.51. The van der Waals surface area contributed by atoms with Gasteiger partial charge in [0.2, 0.25) is 0 Å². The molecule has 0 radical (unpaired) electrons. The standard InChI is InChI=1S/C15H20N2O/c1-11(2)18-15-5-3-4-14-13(15)7-9-17(14)12-6-8-16-10-12/h3-5,7,9,11-12,16H,6,8,10H2,1-2H3. The summed E-state index contributed by atoms with van der Waals surface area (Å²) in [5.74, 6) is 0.993. The molecule has 1 fully saturated rings. The van der Waals surface area contributed by atoms with Crippen LogP contribution >= 0.6 is 0 Å². The lowest BCUT2D eigenvalue weighted by atomic mass is 10.2. The molecule has 0 amide bonds. The largest absolute Gasteiger partial charge is 0.490 e. The summed E-state index contributed by atoms with van der Waals surface area (Å²) < 4.78 is 8.25. The summed E-state index contributed by atoms with van der Waals surface area (Å²) in [6, 6.07) is 9.07. The minimum atomic E-state index is 0.215. The highest BCUT2D eigenvalue weighted by Crippen LogP contribution is 2.30. The molecule has 1 unspecified atom stereocenters. The van der Waals surface area contributed by atoms with Crippen LogP contribution in [0.3, 0.4) is 0 Å². The van der Waals surface area contributed by atoms with Crippen LogP contribution in [0.25, 0.3) is 10.9 Å². The molecule has 1 aromatic carbocycles. The van der Waals surface area contributed by atoms with E-state index in [1.165, 1.54) is 17.3 Å². The predicted octanol–water partition coefficient (Wildman–Crippen LogP) is 2.96. The summed E-state index contributed by atoms with van der Waals surface area (Å²) in [7, 11) is 0. The molecular formula is C15H20N2O. The zero-order valence-electron chi connectivity index (χ0n) is 11.0. The fourth-order valence-corrected chi connectivity index (χ4v) is 2.71. The van der Waals surface area contributed by atoms with Crippen molar-refractivity contribution in [3.63, 3.8) is 0 Å². The monoisotopic (exact) mass is 244 g/mol. The molecule has 96 valence electrons. The first-order chi connectivity index (χ1) is 8.75. The Morgan fingerprint density at radius 2 is 2.22 bits per heavy atom. The van der Waals surface area contributed by atoms with Gasteiger partial charge in [-0.1, -0.05) is 6.07 Å². The Kier molecular flexibility index (Phi) is 3.00. The molecule has 0 saturated carbocycles. The zero-order chi connectivity index (χ0) is 12.5. The zero-order valence-corrected chi connectivity index (χ0v) is 11.0. The maximum absolute atomic E-state index is 5.87. The topological polar surface area (TPSA) is 26.2 Å². The lowest BCUT2D eigenvalue weighted by molar-refractivity contribution is 0.245. The molecule has 1 aromatic heterocycles. The van der Waals surface area contributed by atoms with Gasteiger partial charge in [0.15, 0.2) is 0 Å².